The molecule has 1 saturated carbocycles. The summed E-state index contributed by atoms with van der Waals surface area (Å²) >= 11 is 0. The molecule has 3 atom stereocenters. The number of carboxylic acid groups (broad SMARTS) is 1. The molecule has 1 unspecified atom stereocenters. The van der Waals surface area contributed by atoms with Crippen LogP contribution >= 0.6 is 0 Å². The van der Waals surface area contributed by atoms with Gasteiger partial charge in [-0.2, -0.15) is 0 Å². The highest BCUT2D eigenvalue weighted by atomic mass is 16.5. The van der Waals surface area contributed by atoms with Crippen molar-refractivity contribution in [2.45, 2.75) is 91.2 Å². The molecule has 0 saturated heterocycles. The second-order valence-electron chi connectivity index (χ2n) is 9.54. The van der Waals surface area contributed by atoms with Gasteiger partial charge in [-0.3, -0.25) is 4.79 Å². The molecule has 2 amide bonds. The van der Waals surface area contributed by atoms with Crippen molar-refractivity contribution in [2.75, 3.05) is 19.7 Å². The smallest absolute Gasteiger partial charge is 0.317 e. The van der Waals surface area contributed by atoms with Crippen LogP contribution in [0.4, 0.5) is 4.79 Å². The fraction of sp³-hybridized carbons (Fsp3) is 0.704. The van der Waals surface area contributed by atoms with Gasteiger partial charge in [0.2, 0.25) is 0 Å². The molecule has 2 rings (SSSR count). The molecule has 1 aliphatic carbocycles. The van der Waals surface area contributed by atoms with Gasteiger partial charge in [0, 0.05) is 19.6 Å². The number of hydrogen-bond donors (Lipinski definition) is 2. The number of nitrogens with one attached hydrogen (secondary N) is 1. The number of rotatable bonds is 14. The predicted octanol–water partition coefficient (Wildman–Crippen LogP) is 5.77. The van der Waals surface area contributed by atoms with Gasteiger partial charge in [-0.1, -0.05) is 62.9 Å². The molecule has 6 nitrogen and oxygen atoms in total. The second kappa shape index (κ2) is 14.9. The van der Waals surface area contributed by atoms with Crippen LogP contribution < -0.4 is 5.32 Å². The van der Waals surface area contributed by atoms with E-state index in [-0.39, 0.29) is 18.1 Å². The molecule has 6 heteroatoms. The molecule has 0 spiro atoms. The number of ether oxygens (including phenoxy) is 1. The normalized spacial score (nSPS) is 19.1. The summed E-state index contributed by atoms with van der Waals surface area (Å²) in [5, 5.41) is 12.3. The first-order valence-corrected chi connectivity index (χ1v) is 12.9. The highest BCUT2D eigenvalue weighted by Gasteiger charge is 2.25. The largest absolute Gasteiger partial charge is 0.481 e. The zero-order chi connectivity index (χ0) is 24.1. The van der Waals surface area contributed by atoms with Crippen LogP contribution in [0.2, 0.25) is 0 Å². The zero-order valence-electron chi connectivity index (χ0n) is 20.9. The van der Waals surface area contributed by atoms with Gasteiger partial charge >= 0.3 is 12.0 Å². The predicted molar refractivity (Wildman–Crippen MR) is 132 cm³/mol. The van der Waals surface area contributed by atoms with Gasteiger partial charge in [0.1, 0.15) is 0 Å². The molecule has 1 fully saturated rings. The SMILES string of the molecule is CCCCNC(=O)N(CCO[C@H]1CCC[C@@H](CCC(CC)C(=O)O)C1)Cc1ccc(C)cc1. The van der Waals surface area contributed by atoms with Crippen LogP contribution in [-0.2, 0) is 16.1 Å². The molecule has 0 aromatic heterocycles. The van der Waals surface area contributed by atoms with Crippen LogP contribution in [0.5, 0.6) is 0 Å². The van der Waals surface area contributed by atoms with Crippen LogP contribution in [0, 0.1) is 18.8 Å². The lowest BCUT2D eigenvalue weighted by Crippen LogP contribution is -2.42. The minimum atomic E-state index is -0.674. The average molecular weight is 461 g/mol. The first-order chi connectivity index (χ1) is 15.9. The number of carbonyl (C=O) groups is 2. The molecule has 0 heterocycles. The van der Waals surface area contributed by atoms with Crippen LogP contribution in [0.15, 0.2) is 24.3 Å². The molecular weight excluding hydrogens is 416 g/mol. The number of benzene rings is 1. The van der Waals surface area contributed by atoms with Crippen molar-refractivity contribution < 1.29 is 19.4 Å². The Morgan fingerprint density at radius 1 is 1.21 bits per heavy atom. The van der Waals surface area contributed by atoms with E-state index in [0.717, 1.165) is 56.9 Å². The Hall–Kier alpha value is -2.08. The van der Waals surface area contributed by atoms with E-state index in [1.165, 1.54) is 5.56 Å². The van der Waals surface area contributed by atoms with Crippen molar-refractivity contribution in [2.24, 2.45) is 11.8 Å². The maximum absolute atomic E-state index is 12.8. The molecule has 0 bridgehead atoms. The van der Waals surface area contributed by atoms with Crippen LogP contribution in [-0.4, -0.2) is 47.8 Å². The maximum Gasteiger partial charge on any atom is 0.317 e. The summed E-state index contributed by atoms with van der Waals surface area (Å²) in [6.07, 6.45) is 8.98. The third-order valence-electron chi connectivity index (χ3n) is 6.80. The number of nitrogens with zero attached hydrogens (tertiary/aromatic N) is 1. The van der Waals surface area contributed by atoms with Gasteiger partial charge in [-0.15, -0.1) is 0 Å². The number of carboxylic acids is 1. The van der Waals surface area contributed by atoms with Gasteiger partial charge in [0.25, 0.3) is 0 Å². The first-order valence-electron chi connectivity index (χ1n) is 12.9. The summed E-state index contributed by atoms with van der Waals surface area (Å²) in [4.78, 5) is 25.9. The van der Waals surface area contributed by atoms with Crippen molar-refractivity contribution in [3.63, 3.8) is 0 Å². The number of aryl methyl sites for hydroxylation is 1. The Balaban J connectivity index is 1.83. The maximum atomic E-state index is 12.8. The quantitative estimate of drug-likeness (QED) is 0.345. The molecule has 1 aliphatic rings. The van der Waals surface area contributed by atoms with Gasteiger partial charge in [0.15, 0.2) is 0 Å². The summed E-state index contributed by atoms with van der Waals surface area (Å²) < 4.78 is 6.22. The summed E-state index contributed by atoms with van der Waals surface area (Å²) in [6.45, 7) is 8.48. The Morgan fingerprint density at radius 2 is 1.97 bits per heavy atom. The lowest BCUT2D eigenvalue weighted by Gasteiger charge is -2.31. The van der Waals surface area contributed by atoms with E-state index in [4.69, 9.17) is 4.74 Å². The van der Waals surface area contributed by atoms with Gasteiger partial charge < -0.3 is 20.1 Å². The molecule has 1 aromatic rings. The third-order valence-corrected chi connectivity index (χ3v) is 6.80. The summed E-state index contributed by atoms with van der Waals surface area (Å²) in [7, 11) is 0. The zero-order valence-corrected chi connectivity index (χ0v) is 20.9. The number of carbonyl (C=O) groups excluding carboxylic acids is 1. The van der Waals surface area contributed by atoms with Crippen LogP contribution in [0.3, 0.4) is 0 Å². The monoisotopic (exact) mass is 460 g/mol. The number of unbranched alkanes of at least 4 members (excludes halogenated alkanes) is 1. The highest BCUT2D eigenvalue weighted by Crippen LogP contribution is 2.31. The lowest BCUT2D eigenvalue weighted by molar-refractivity contribution is -0.142. The fourth-order valence-electron chi connectivity index (χ4n) is 4.57. The van der Waals surface area contributed by atoms with E-state index < -0.39 is 5.97 Å². The molecule has 0 radical (unpaired) electrons. The minimum Gasteiger partial charge on any atom is -0.481 e. The van der Waals surface area contributed by atoms with Gasteiger partial charge in [-0.25, -0.2) is 4.79 Å². The Labute approximate surface area is 200 Å². The van der Waals surface area contributed by atoms with Crippen LogP contribution in [0.25, 0.3) is 0 Å². The van der Waals surface area contributed by atoms with E-state index in [2.05, 4.69) is 43.4 Å². The lowest BCUT2D eigenvalue weighted by atomic mass is 9.82. The number of amides is 2. The van der Waals surface area contributed by atoms with E-state index >= 15 is 0 Å². The Kier molecular flexibility index (Phi) is 12.3. The van der Waals surface area contributed by atoms with E-state index in [0.29, 0.717) is 38.6 Å². The van der Waals surface area contributed by atoms with Gasteiger partial charge in [0.05, 0.1) is 18.6 Å². The molecule has 2 N–H and O–H groups in total. The number of hydrogen-bond acceptors (Lipinski definition) is 3. The van der Waals surface area contributed by atoms with E-state index in [1.807, 2.05) is 11.8 Å². The second-order valence-corrected chi connectivity index (χ2v) is 9.54. The van der Waals surface area contributed by atoms with Crippen molar-refractivity contribution in [3.05, 3.63) is 35.4 Å². The summed E-state index contributed by atoms with van der Waals surface area (Å²) in [5.41, 5.74) is 2.33. The van der Waals surface area contributed by atoms with Gasteiger partial charge in [-0.05, 0) is 56.9 Å². The van der Waals surface area contributed by atoms with Crippen molar-refractivity contribution >= 4 is 12.0 Å². The number of aliphatic carboxylic acids is 1. The minimum absolute atomic E-state index is 0.0339. The van der Waals surface area contributed by atoms with Crippen LogP contribution in [0.1, 0.15) is 82.8 Å². The van der Waals surface area contributed by atoms with E-state index in [1.54, 1.807) is 0 Å². The topological polar surface area (TPSA) is 78.9 Å². The third kappa shape index (κ3) is 10.2. The molecule has 33 heavy (non-hydrogen) atoms. The highest BCUT2D eigenvalue weighted by molar-refractivity contribution is 5.74. The van der Waals surface area contributed by atoms with Crippen molar-refractivity contribution in [3.8, 4) is 0 Å². The molecule has 186 valence electrons. The Morgan fingerprint density at radius 3 is 2.64 bits per heavy atom. The summed E-state index contributed by atoms with van der Waals surface area (Å²) in [6, 6.07) is 8.28. The Bertz CT molecular complexity index is 707. The molecular formula is C27H44N2O4. The van der Waals surface area contributed by atoms with Crippen molar-refractivity contribution in [1.29, 1.82) is 0 Å². The fourth-order valence-corrected chi connectivity index (χ4v) is 4.57. The summed E-state index contributed by atoms with van der Waals surface area (Å²) in [5.74, 6) is -0.363. The standard InChI is InChI=1S/C27H44N2O4/c1-4-6-16-28-27(32)29(20-23-12-10-21(3)11-13-23)17-18-33-25-9-7-8-22(19-25)14-15-24(5-2)26(30)31/h10-13,22,24-25H,4-9,14-20H2,1-3H3,(H,28,32)(H,30,31)/t22-,24?,25-/m0/s1. The average Bonchev–Trinajstić information content (AvgIpc) is 2.80. The van der Waals surface area contributed by atoms with E-state index in [9.17, 15) is 14.7 Å². The molecule has 1 aromatic carbocycles. The molecule has 0 aliphatic heterocycles. The van der Waals surface area contributed by atoms with Crippen molar-refractivity contribution in [1.82, 2.24) is 10.2 Å². The first kappa shape index (κ1) is 27.2. The number of urea groups is 1.